The van der Waals surface area contributed by atoms with E-state index in [1.54, 1.807) is 19.1 Å². The SMILES string of the molecule is Cc1sc(C(C)NC(=O)C2CC(F)(F)CN2)nc1-c1ccc(Cl)cc1. The lowest BCUT2D eigenvalue weighted by Crippen LogP contribution is -2.41. The number of benzene rings is 1. The second-order valence-electron chi connectivity index (χ2n) is 6.19. The van der Waals surface area contributed by atoms with Gasteiger partial charge in [-0.25, -0.2) is 13.8 Å². The molecule has 0 spiro atoms. The summed E-state index contributed by atoms with van der Waals surface area (Å²) in [5, 5.41) is 6.72. The molecule has 0 aliphatic carbocycles. The Kier molecular flexibility index (Phi) is 5.09. The second kappa shape index (κ2) is 6.97. The van der Waals surface area contributed by atoms with Crippen molar-refractivity contribution in [1.82, 2.24) is 15.6 Å². The Bertz CT molecular complexity index is 779. The Morgan fingerprint density at radius 3 is 2.72 bits per heavy atom. The smallest absolute Gasteiger partial charge is 0.262 e. The minimum Gasteiger partial charge on any atom is -0.346 e. The lowest BCUT2D eigenvalue weighted by molar-refractivity contribution is -0.124. The van der Waals surface area contributed by atoms with Crippen LogP contribution in [0.5, 0.6) is 0 Å². The van der Waals surface area contributed by atoms with Crippen LogP contribution in [0.25, 0.3) is 11.3 Å². The van der Waals surface area contributed by atoms with Gasteiger partial charge in [-0.1, -0.05) is 23.7 Å². The average molecular weight is 386 g/mol. The van der Waals surface area contributed by atoms with Crippen molar-refractivity contribution in [3.63, 3.8) is 0 Å². The molecular formula is C17H18ClF2N3OS. The maximum atomic E-state index is 13.2. The molecule has 0 bridgehead atoms. The number of rotatable bonds is 4. The van der Waals surface area contributed by atoms with Gasteiger partial charge < -0.3 is 5.32 Å². The third-order valence-electron chi connectivity index (χ3n) is 4.09. The van der Waals surface area contributed by atoms with Crippen LogP contribution in [-0.2, 0) is 4.79 Å². The number of alkyl halides is 2. The van der Waals surface area contributed by atoms with E-state index in [0.29, 0.717) is 5.02 Å². The lowest BCUT2D eigenvalue weighted by atomic mass is 10.1. The van der Waals surface area contributed by atoms with Crippen LogP contribution >= 0.6 is 22.9 Å². The summed E-state index contributed by atoms with van der Waals surface area (Å²) >= 11 is 7.39. The molecule has 1 aromatic heterocycles. The van der Waals surface area contributed by atoms with Crippen molar-refractivity contribution in [1.29, 1.82) is 0 Å². The highest BCUT2D eigenvalue weighted by atomic mass is 35.5. The summed E-state index contributed by atoms with van der Waals surface area (Å²) in [4.78, 5) is 17.8. The molecule has 1 aromatic carbocycles. The molecule has 134 valence electrons. The molecule has 1 aliphatic heterocycles. The van der Waals surface area contributed by atoms with Gasteiger partial charge in [-0.2, -0.15) is 0 Å². The fourth-order valence-corrected chi connectivity index (χ4v) is 3.83. The molecule has 8 heteroatoms. The molecule has 2 atom stereocenters. The number of amides is 1. The number of carbonyl (C=O) groups is 1. The molecule has 0 radical (unpaired) electrons. The van der Waals surface area contributed by atoms with Gasteiger partial charge in [-0.3, -0.25) is 10.1 Å². The van der Waals surface area contributed by atoms with Crippen molar-refractivity contribution in [2.45, 2.75) is 38.3 Å². The molecule has 25 heavy (non-hydrogen) atoms. The summed E-state index contributed by atoms with van der Waals surface area (Å²) in [6.45, 7) is 3.30. The second-order valence-corrected chi connectivity index (χ2v) is 7.86. The molecule has 4 nitrogen and oxygen atoms in total. The standard InChI is InChI=1S/C17H18ClF2N3OS/c1-9(22-15(24)13-7-17(19,20)8-21-13)16-23-14(10(2)25-16)11-3-5-12(18)6-4-11/h3-6,9,13,21H,7-8H2,1-2H3,(H,22,24). The lowest BCUT2D eigenvalue weighted by Gasteiger charge is -2.15. The van der Waals surface area contributed by atoms with Crippen molar-refractivity contribution < 1.29 is 13.6 Å². The van der Waals surface area contributed by atoms with Crippen molar-refractivity contribution in [3.05, 3.63) is 39.2 Å². The minimum absolute atomic E-state index is 0.353. The monoisotopic (exact) mass is 385 g/mol. The topological polar surface area (TPSA) is 54.0 Å². The highest BCUT2D eigenvalue weighted by molar-refractivity contribution is 7.12. The van der Waals surface area contributed by atoms with Gasteiger partial charge in [-0.15, -0.1) is 11.3 Å². The molecule has 2 aromatic rings. The quantitative estimate of drug-likeness (QED) is 0.838. The Labute approximate surface area is 153 Å². The normalized spacial score (nSPS) is 20.4. The summed E-state index contributed by atoms with van der Waals surface area (Å²) in [5.74, 6) is -3.25. The van der Waals surface area contributed by atoms with E-state index in [2.05, 4.69) is 15.6 Å². The third-order valence-corrected chi connectivity index (χ3v) is 5.49. The van der Waals surface area contributed by atoms with Gasteiger partial charge >= 0.3 is 0 Å². The first-order chi connectivity index (χ1) is 11.7. The van der Waals surface area contributed by atoms with Crippen LogP contribution in [-0.4, -0.2) is 29.4 Å². The zero-order chi connectivity index (χ0) is 18.2. The fraction of sp³-hybridized carbons (Fsp3) is 0.412. The molecule has 1 saturated heterocycles. The molecule has 2 unspecified atom stereocenters. The van der Waals surface area contributed by atoms with Gasteiger partial charge in [0.25, 0.3) is 5.92 Å². The zero-order valence-corrected chi connectivity index (χ0v) is 15.3. The van der Waals surface area contributed by atoms with Crippen LogP contribution in [0.4, 0.5) is 8.78 Å². The molecule has 3 rings (SSSR count). The van der Waals surface area contributed by atoms with E-state index in [1.807, 2.05) is 19.1 Å². The Hall–Kier alpha value is -1.57. The zero-order valence-electron chi connectivity index (χ0n) is 13.8. The van der Waals surface area contributed by atoms with Crippen LogP contribution in [0.15, 0.2) is 24.3 Å². The first kappa shape index (κ1) is 18.2. The molecular weight excluding hydrogens is 368 g/mol. The predicted molar refractivity (Wildman–Crippen MR) is 95.2 cm³/mol. The number of nitrogens with zero attached hydrogens (tertiary/aromatic N) is 1. The largest absolute Gasteiger partial charge is 0.346 e. The van der Waals surface area contributed by atoms with Crippen LogP contribution in [0.1, 0.15) is 29.3 Å². The van der Waals surface area contributed by atoms with Crippen molar-refractivity contribution >= 4 is 28.8 Å². The number of aromatic nitrogens is 1. The maximum absolute atomic E-state index is 13.2. The Morgan fingerprint density at radius 1 is 1.44 bits per heavy atom. The van der Waals surface area contributed by atoms with E-state index in [4.69, 9.17) is 11.6 Å². The molecule has 2 heterocycles. The van der Waals surface area contributed by atoms with Crippen LogP contribution in [0, 0.1) is 6.92 Å². The van der Waals surface area contributed by atoms with Gasteiger partial charge in [0.1, 0.15) is 5.01 Å². The van der Waals surface area contributed by atoms with Crippen molar-refractivity contribution in [3.8, 4) is 11.3 Å². The third kappa shape index (κ3) is 4.16. The van der Waals surface area contributed by atoms with Gasteiger partial charge in [0.2, 0.25) is 5.91 Å². The number of hydrogen-bond acceptors (Lipinski definition) is 4. The summed E-state index contributed by atoms with van der Waals surface area (Å²) in [7, 11) is 0. The molecule has 1 aliphatic rings. The molecule has 1 fully saturated rings. The predicted octanol–water partition coefficient (Wildman–Crippen LogP) is 3.95. The fourth-order valence-electron chi connectivity index (χ4n) is 2.75. The summed E-state index contributed by atoms with van der Waals surface area (Å²) in [5.41, 5.74) is 1.78. The number of aryl methyl sites for hydroxylation is 1. The first-order valence-electron chi connectivity index (χ1n) is 7.90. The molecule has 1 amide bonds. The number of thiazole rings is 1. The maximum Gasteiger partial charge on any atom is 0.262 e. The molecule has 2 N–H and O–H groups in total. The van der Waals surface area contributed by atoms with Gasteiger partial charge in [-0.05, 0) is 26.0 Å². The van der Waals surface area contributed by atoms with Crippen molar-refractivity contribution in [2.24, 2.45) is 0 Å². The van der Waals surface area contributed by atoms with E-state index in [9.17, 15) is 13.6 Å². The van der Waals surface area contributed by atoms with Crippen LogP contribution < -0.4 is 10.6 Å². The minimum atomic E-state index is -2.83. The van der Waals surface area contributed by atoms with Crippen LogP contribution in [0.3, 0.4) is 0 Å². The molecule has 0 saturated carbocycles. The van der Waals surface area contributed by atoms with E-state index in [1.165, 1.54) is 11.3 Å². The summed E-state index contributed by atoms with van der Waals surface area (Å²) < 4.78 is 26.5. The Morgan fingerprint density at radius 2 is 2.12 bits per heavy atom. The van der Waals surface area contributed by atoms with Gasteiger partial charge in [0.15, 0.2) is 0 Å². The van der Waals surface area contributed by atoms with E-state index < -0.39 is 30.8 Å². The highest BCUT2D eigenvalue weighted by Gasteiger charge is 2.42. The summed E-state index contributed by atoms with van der Waals surface area (Å²) in [6.07, 6.45) is -0.474. The van der Waals surface area contributed by atoms with Crippen molar-refractivity contribution in [2.75, 3.05) is 6.54 Å². The van der Waals surface area contributed by atoms with E-state index >= 15 is 0 Å². The van der Waals surface area contributed by atoms with E-state index in [0.717, 1.165) is 21.1 Å². The van der Waals surface area contributed by atoms with Gasteiger partial charge in [0.05, 0.1) is 24.3 Å². The summed E-state index contributed by atoms with van der Waals surface area (Å²) in [6, 6.07) is 6.16. The Balaban J connectivity index is 1.71. The number of nitrogens with one attached hydrogen (secondary N) is 2. The average Bonchev–Trinajstić information content (AvgIpc) is 3.11. The van der Waals surface area contributed by atoms with Crippen LogP contribution in [0.2, 0.25) is 5.02 Å². The van der Waals surface area contributed by atoms with Gasteiger partial charge in [0, 0.05) is 21.9 Å². The highest BCUT2D eigenvalue weighted by Crippen LogP contribution is 2.31. The first-order valence-corrected chi connectivity index (χ1v) is 9.09. The van der Waals surface area contributed by atoms with E-state index in [-0.39, 0.29) is 6.04 Å². The number of halogens is 3. The number of hydrogen-bond donors (Lipinski definition) is 2. The number of carbonyl (C=O) groups excluding carboxylic acids is 1.